The lowest BCUT2D eigenvalue weighted by atomic mass is 9.99. The minimum absolute atomic E-state index is 0.146. The largest absolute Gasteiger partial charge is 0.324 e. The smallest absolute Gasteiger partial charge is 0.0292 e. The summed E-state index contributed by atoms with van der Waals surface area (Å²) in [5.41, 5.74) is 9.85. The number of aromatic nitrogens is 1. The second-order valence-electron chi connectivity index (χ2n) is 4.29. The van der Waals surface area contributed by atoms with E-state index in [4.69, 9.17) is 5.73 Å². The Morgan fingerprint density at radius 3 is 2.59 bits per heavy atom. The molecule has 1 unspecified atom stereocenters. The molecule has 0 aliphatic heterocycles. The second-order valence-corrected chi connectivity index (χ2v) is 4.29. The first-order chi connectivity index (χ1) is 8.29. The van der Waals surface area contributed by atoms with Gasteiger partial charge in [0.05, 0.1) is 0 Å². The maximum absolute atomic E-state index is 6.05. The lowest BCUT2D eigenvalue weighted by Gasteiger charge is -2.10. The van der Waals surface area contributed by atoms with Gasteiger partial charge in [-0.25, -0.2) is 0 Å². The number of benzene rings is 1. The fourth-order valence-corrected chi connectivity index (χ4v) is 1.91. The van der Waals surface area contributed by atoms with E-state index in [1.165, 1.54) is 16.7 Å². The van der Waals surface area contributed by atoms with Crippen LogP contribution in [0.3, 0.4) is 0 Å². The normalized spacial score (nSPS) is 12.4. The summed E-state index contributed by atoms with van der Waals surface area (Å²) in [5, 5.41) is 0. The molecule has 2 N–H and O–H groups in total. The van der Waals surface area contributed by atoms with Gasteiger partial charge in [-0.15, -0.1) is 0 Å². The van der Waals surface area contributed by atoms with Crippen molar-refractivity contribution in [3.63, 3.8) is 0 Å². The molecule has 0 saturated carbocycles. The second kappa shape index (κ2) is 5.60. The van der Waals surface area contributed by atoms with Gasteiger partial charge in [0, 0.05) is 18.4 Å². The van der Waals surface area contributed by atoms with Crippen LogP contribution in [0.2, 0.25) is 0 Å². The van der Waals surface area contributed by atoms with Crippen molar-refractivity contribution in [3.8, 4) is 0 Å². The minimum atomic E-state index is 0.146. The number of rotatable bonds is 4. The monoisotopic (exact) mass is 226 g/mol. The van der Waals surface area contributed by atoms with Gasteiger partial charge in [-0.2, -0.15) is 0 Å². The summed E-state index contributed by atoms with van der Waals surface area (Å²) in [6, 6.07) is 12.8. The highest BCUT2D eigenvalue weighted by Crippen LogP contribution is 2.17. The zero-order valence-electron chi connectivity index (χ0n) is 10.1. The molecule has 1 atom stereocenters. The van der Waals surface area contributed by atoms with Crippen LogP contribution in [-0.2, 0) is 6.42 Å². The summed E-state index contributed by atoms with van der Waals surface area (Å²) in [5.74, 6) is 0. The molecule has 0 bridgehead atoms. The SMILES string of the molecule is CCC(N)c1cccc(Cc2ccncc2)c1. The molecule has 1 aromatic carbocycles. The molecule has 0 spiro atoms. The predicted molar refractivity (Wildman–Crippen MR) is 70.7 cm³/mol. The van der Waals surface area contributed by atoms with Gasteiger partial charge in [-0.1, -0.05) is 31.2 Å². The highest BCUT2D eigenvalue weighted by atomic mass is 14.6. The van der Waals surface area contributed by atoms with Crippen LogP contribution in [0.5, 0.6) is 0 Å². The molecule has 0 saturated heterocycles. The average molecular weight is 226 g/mol. The molecule has 0 aliphatic rings. The average Bonchev–Trinajstić information content (AvgIpc) is 2.39. The molecule has 2 heteroatoms. The van der Waals surface area contributed by atoms with E-state index in [1.807, 2.05) is 24.5 Å². The van der Waals surface area contributed by atoms with Crippen LogP contribution in [-0.4, -0.2) is 4.98 Å². The van der Waals surface area contributed by atoms with Crippen LogP contribution in [0.1, 0.15) is 36.1 Å². The van der Waals surface area contributed by atoms with Gasteiger partial charge >= 0.3 is 0 Å². The van der Waals surface area contributed by atoms with Crippen LogP contribution in [0.25, 0.3) is 0 Å². The molecular formula is C15H18N2. The zero-order chi connectivity index (χ0) is 12.1. The Kier molecular flexibility index (Phi) is 3.89. The summed E-state index contributed by atoms with van der Waals surface area (Å²) in [7, 11) is 0. The predicted octanol–water partition coefficient (Wildman–Crippen LogP) is 3.08. The molecule has 88 valence electrons. The number of hydrogen-bond acceptors (Lipinski definition) is 2. The molecule has 2 rings (SSSR count). The van der Waals surface area contributed by atoms with Crippen LogP contribution in [0.15, 0.2) is 48.8 Å². The molecule has 0 amide bonds. The number of nitrogens with two attached hydrogens (primary N) is 1. The van der Waals surface area contributed by atoms with Crippen LogP contribution >= 0.6 is 0 Å². The van der Waals surface area contributed by atoms with E-state index >= 15 is 0 Å². The zero-order valence-corrected chi connectivity index (χ0v) is 10.1. The third-order valence-electron chi connectivity index (χ3n) is 2.98. The Morgan fingerprint density at radius 1 is 1.12 bits per heavy atom. The highest BCUT2D eigenvalue weighted by molar-refractivity contribution is 5.30. The maximum atomic E-state index is 6.05. The molecule has 0 radical (unpaired) electrons. The van der Waals surface area contributed by atoms with Crippen molar-refractivity contribution < 1.29 is 0 Å². The molecular weight excluding hydrogens is 208 g/mol. The third kappa shape index (κ3) is 3.14. The topological polar surface area (TPSA) is 38.9 Å². The first kappa shape index (κ1) is 11.8. The van der Waals surface area contributed by atoms with Crippen molar-refractivity contribution in [2.45, 2.75) is 25.8 Å². The van der Waals surface area contributed by atoms with E-state index in [-0.39, 0.29) is 6.04 Å². The van der Waals surface area contributed by atoms with E-state index in [1.54, 1.807) is 0 Å². The Hall–Kier alpha value is -1.67. The van der Waals surface area contributed by atoms with Crippen molar-refractivity contribution in [1.29, 1.82) is 0 Å². The van der Waals surface area contributed by atoms with E-state index in [9.17, 15) is 0 Å². The lowest BCUT2D eigenvalue weighted by molar-refractivity contribution is 0.697. The maximum Gasteiger partial charge on any atom is 0.0292 e. The number of hydrogen-bond donors (Lipinski definition) is 1. The Bertz CT molecular complexity index is 465. The number of pyridine rings is 1. The Labute approximate surface area is 103 Å². The Morgan fingerprint density at radius 2 is 1.88 bits per heavy atom. The van der Waals surface area contributed by atoms with Gasteiger partial charge in [-0.05, 0) is 41.7 Å². The molecule has 2 nitrogen and oxygen atoms in total. The molecule has 0 aliphatic carbocycles. The van der Waals surface area contributed by atoms with Gasteiger partial charge in [-0.3, -0.25) is 4.98 Å². The minimum Gasteiger partial charge on any atom is -0.324 e. The molecule has 1 heterocycles. The summed E-state index contributed by atoms with van der Waals surface area (Å²) >= 11 is 0. The van der Waals surface area contributed by atoms with Gasteiger partial charge in [0.15, 0.2) is 0 Å². The highest BCUT2D eigenvalue weighted by Gasteiger charge is 2.04. The fraction of sp³-hybridized carbons (Fsp3) is 0.267. The molecule has 2 aromatic rings. The van der Waals surface area contributed by atoms with Crippen LogP contribution < -0.4 is 5.73 Å². The Balaban J connectivity index is 2.17. The fourth-order valence-electron chi connectivity index (χ4n) is 1.91. The number of nitrogens with zero attached hydrogens (tertiary/aromatic N) is 1. The van der Waals surface area contributed by atoms with Crippen molar-refractivity contribution >= 4 is 0 Å². The summed E-state index contributed by atoms with van der Waals surface area (Å²) in [6.45, 7) is 2.11. The van der Waals surface area contributed by atoms with Crippen LogP contribution in [0, 0.1) is 0 Å². The van der Waals surface area contributed by atoms with Crippen molar-refractivity contribution in [1.82, 2.24) is 4.98 Å². The van der Waals surface area contributed by atoms with E-state index in [2.05, 4.69) is 36.2 Å². The van der Waals surface area contributed by atoms with E-state index in [0.717, 1.165) is 12.8 Å². The summed E-state index contributed by atoms with van der Waals surface area (Å²) in [4.78, 5) is 4.03. The first-order valence-electron chi connectivity index (χ1n) is 6.03. The van der Waals surface area contributed by atoms with E-state index in [0.29, 0.717) is 0 Å². The first-order valence-corrected chi connectivity index (χ1v) is 6.03. The van der Waals surface area contributed by atoms with Gasteiger partial charge in [0.2, 0.25) is 0 Å². The van der Waals surface area contributed by atoms with Gasteiger partial charge in [0.25, 0.3) is 0 Å². The molecule has 17 heavy (non-hydrogen) atoms. The van der Waals surface area contributed by atoms with Crippen molar-refractivity contribution in [2.24, 2.45) is 5.73 Å². The molecule has 1 aromatic heterocycles. The standard InChI is InChI=1S/C15H18N2/c1-2-15(16)14-5-3-4-13(11-14)10-12-6-8-17-9-7-12/h3-9,11,15H,2,10,16H2,1H3. The van der Waals surface area contributed by atoms with Crippen molar-refractivity contribution in [2.75, 3.05) is 0 Å². The quantitative estimate of drug-likeness (QED) is 0.870. The summed E-state index contributed by atoms with van der Waals surface area (Å²) < 4.78 is 0. The van der Waals surface area contributed by atoms with Crippen LogP contribution in [0.4, 0.5) is 0 Å². The molecule has 0 fully saturated rings. The lowest BCUT2D eigenvalue weighted by Crippen LogP contribution is -2.08. The van der Waals surface area contributed by atoms with Gasteiger partial charge < -0.3 is 5.73 Å². The van der Waals surface area contributed by atoms with Gasteiger partial charge in [0.1, 0.15) is 0 Å². The summed E-state index contributed by atoms with van der Waals surface area (Å²) in [6.07, 6.45) is 5.57. The van der Waals surface area contributed by atoms with Crippen molar-refractivity contribution in [3.05, 3.63) is 65.5 Å². The van der Waals surface area contributed by atoms with E-state index < -0.39 is 0 Å². The third-order valence-corrected chi connectivity index (χ3v) is 2.98.